The Hall–Kier alpha value is -1.85. The lowest BCUT2D eigenvalue weighted by Crippen LogP contribution is -2.35. The van der Waals surface area contributed by atoms with Crippen LogP contribution in [0, 0.1) is 6.92 Å². The molecule has 3 rings (SSSR count). The molecule has 0 bridgehead atoms. The van der Waals surface area contributed by atoms with Crippen molar-refractivity contribution in [3.63, 3.8) is 0 Å². The Bertz CT molecular complexity index is 644. The number of aliphatic hydroxyl groups excluding tert-OH is 1. The first-order valence-corrected chi connectivity index (χ1v) is 8.33. The van der Waals surface area contributed by atoms with E-state index in [-0.39, 0.29) is 6.10 Å². The van der Waals surface area contributed by atoms with Crippen molar-refractivity contribution in [2.75, 3.05) is 18.4 Å². The van der Waals surface area contributed by atoms with Crippen LogP contribution in [0.25, 0.3) is 0 Å². The molecule has 2 N–H and O–H groups in total. The number of aromatic nitrogens is 2. The smallest absolute Gasteiger partial charge is 0.0844 e. The Morgan fingerprint density at radius 3 is 2.70 bits per heavy atom. The van der Waals surface area contributed by atoms with Crippen LogP contribution in [0.4, 0.5) is 5.69 Å². The van der Waals surface area contributed by atoms with Crippen LogP contribution in [0.2, 0.25) is 0 Å². The molecule has 0 unspecified atom stereocenters. The maximum atomic E-state index is 9.64. The Kier molecular flexibility index (Phi) is 4.98. The van der Waals surface area contributed by atoms with Crippen molar-refractivity contribution in [2.24, 2.45) is 7.05 Å². The Morgan fingerprint density at radius 1 is 1.26 bits per heavy atom. The van der Waals surface area contributed by atoms with Gasteiger partial charge >= 0.3 is 0 Å². The normalized spacial score (nSPS) is 16.7. The highest BCUT2D eigenvalue weighted by molar-refractivity contribution is 5.51. The number of piperidine rings is 1. The number of anilines is 1. The zero-order valence-corrected chi connectivity index (χ0v) is 14.0. The van der Waals surface area contributed by atoms with Crippen LogP contribution in [0.1, 0.15) is 29.7 Å². The molecular weight excluding hydrogens is 288 g/mol. The van der Waals surface area contributed by atoms with Gasteiger partial charge in [-0.3, -0.25) is 9.58 Å². The average Bonchev–Trinajstić information content (AvgIpc) is 2.86. The average molecular weight is 314 g/mol. The molecule has 5 nitrogen and oxygen atoms in total. The maximum Gasteiger partial charge on any atom is 0.0844 e. The fourth-order valence-electron chi connectivity index (χ4n) is 3.16. The van der Waals surface area contributed by atoms with Gasteiger partial charge in [-0.15, -0.1) is 0 Å². The zero-order valence-electron chi connectivity index (χ0n) is 14.0. The van der Waals surface area contributed by atoms with Crippen molar-refractivity contribution in [1.82, 2.24) is 14.7 Å². The first-order chi connectivity index (χ1) is 11.1. The topological polar surface area (TPSA) is 53.3 Å². The second kappa shape index (κ2) is 7.15. The van der Waals surface area contributed by atoms with Crippen molar-refractivity contribution < 1.29 is 5.11 Å². The number of para-hydroxylation sites is 1. The fraction of sp³-hybridized carbons (Fsp3) is 0.500. The van der Waals surface area contributed by atoms with Crippen molar-refractivity contribution in [2.45, 2.75) is 39.0 Å². The van der Waals surface area contributed by atoms with E-state index in [9.17, 15) is 5.11 Å². The molecule has 0 aliphatic carbocycles. The van der Waals surface area contributed by atoms with Crippen LogP contribution < -0.4 is 5.32 Å². The molecule has 0 radical (unpaired) electrons. The molecule has 1 aromatic heterocycles. The molecule has 1 aromatic carbocycles. The van der Waals surface area contributed by atoms with Gasteiger partial charge in [0.1, 0.15) is 0 Å². The lowest BCUT2D eigenvalue weighted by atomic mass is 10.1. The molecular formula is C18H26N4O. The zero-order chi connectivity index (χ0) is 16.2. The first kappa shape index (κ1) is 16.0. The van der Waals surface area contributed by atoms with Crippen LogP contribution in [0.5, 0.6) is 0 Å². The monoisotopic (exact) mass is 314 g/mol. The summed E-state index contributed by atoms with van der Waals surface area (Å²) in [6, 6.07) is 8.47. The molecule has 2 aromatic rings. The summed E-state index contributed by atoms with van der Waals surface area (Å²) in [5.74, 6) is 0. The van der Waals surface area contributed by atoms with Gasteiger partial charge in [0.25, 0.3) is 0 Å². The van der Waals surface area contributed by atoms with E-state index in [4.69, 9.17) is 0 Å². The summed E-state index contributed by atoms with van der Waals surface area (Å²) in [5, 5.41) is 17.7. The molecule has 1 fully saturated rings. The second-order valence-corrected chi connectivity index (χ2v) is 6.45. The van der Waals surface area contributed by atoms with Gasteiger partial charge < -0.3 is 10.4 Å². The lowest BCUT2D eigenvalue weighted by Gasteiger charge is -2.30. The third-order valence-corrected chi connectivity index (χ3v) is 4.53. The van der Waals surface area contributed by atoms with Crippen molar-refractivity contribution >= 4 is 5.69 Å². The summed E-state index contributed by atoms with van der Waals surface area (Å²) >= 11 is 0. The molecule has 0 amide bonds. The first-order valence-electron chi connectivity index (χ1n) is 8.33. The largest absolute Gasteiger partial charge is 0.393 e. The number of hydrogen-bond acceptors (Lipinski definition) is 4. The van der Waals surface area contributed by atoms with Crippen LogP contribution in [-0.4, -0.2) is 39.0 Å². The fourth-order valence-corrected chi connectivity index (χ4v) is 3.16. The number of nitrogens with zero attached hydrogens (tertiary/aromatic N) is 3. The minimum absolute atomic E-state index is 0.119. The molecule has 2 heterocycles. The predicted octanol–water partition coefficient (Wildman–Crippen LogP) is 2.30. The van der Waals surface area contributed by atoms with Gasteiger partial charge in [-0.25, -0.2) is 0 Å². The number of aryl methyl sites for hydroxylation is 2. The molecule has 1 saturated heterocycles. The standard InChI is InChI=1S/C18H26N4O/c1-14-12-21(2)20-18(14)11-19-17-6-4-3-5-15(17)13-22-9-7-16(23)8-10-22/h3-6,12,16,19,23H,7-11,13H2,1-2H3. The lowest BCUT2D eigenvalue weighted by molar-refractivity contribution is 0.0793. The van der Waals surface area contributed by atoms with Crippen LogP contribution in [0.15, 0.2) is 30.5 Å². The summed E-state index contributed by atoms with van der Waals surface area (Å²) < 4.78 is 1.86. The van der Waals surface area contributed by atoms with Gasteiger partial charge in [-0.05, 0) is 37.0 Å². The van der Waals surface area contributed by atoms with E-state index in [1.807, 2.05) is 17.9 Å². The molecule has 0 saturated carbocycles. The Balaban J connectivity index is 1.64. The molecule has 0 atom stereocenters. The number of hydrogen-bond donors (Lipinski definition) is 2. The van der Waals surface area contributed by atoms with E-state index in [2.05, 4.69) is 46.5 Å². The van der Waals surface area contributed by atoms with E-state index in [0.717, 1.165) is 44.7 Å². The minimum Gasteiger partial charge on any atom is -0.393 e. The number of nitrogens with one attached hydrogen (secondary N) is 1. The van der Waals surface area contributed by atoms with Gasteiger partial charge in [0.2, 0.25) is 0 Å². The summed E-state index contributed by atoms with van der Waals surface area (Å²) in [5.41, 5.74) is 4.77. The SMILES string of the molecule is Cc1cn(C)nc1CNc1ccccc1CN1CCC(O)CC1. The Labute approximate surface area is 137 Å². The summed E-state index contributed by atoms with van der Waals surface area (Å²) in [6.07, 6.45) is 3.68. The summed E-state index contributed by atoms with van der Waals surface area (Å²) in [7, 11) is 1.95. The third kappa shape index (κ3) is 4.12. The van der Waals surface area contributed by atoms with Gasteiger partial charge in [0.05, 0.1) is 18.3 Å². The van der Waals surface area contributed by atoms with Gasteiger partial charge in [0.15, 0.2) is 0 Å². The second-order valence-electron chi connectivity index (χ2n) is 6.45. The van der Waals surface area contributed by atoms with E-state index in [1.54, 1.807) is 0 Å². The summed E-state index contributed by atoms with van der Waals surface area (Å²) in [4.78, 5) is 2.42. The highest BCUT2D eigenvalue weighted by Crippen LogP contribution is 2.21. The maximum absolute atomic E-state index is 9.64. The molecule has 0 spiro atoms. The molecule has 23 heavy (non-hydrogen) atoms. The highest BCUT2D eigenvalue weighted by atomic mass is 16.3. The van der Waals surface area contributed by atoms with E-state index in [1.165, 1.54) is 16.8 Å². The summed E-state index contributed by atoms with van der Waals surface area (Å²) in [6.45, 7) is 5.69. The van der Waals surface area contributed by atoms with E-state index < -0.39 is 0 Å². The molecule has 1 aliphatic rings. The van der Waals surface area contributed by atoms with E-state index in [0.29, 0.717) is 0 Å². The van der Waals surface area contributed by atoms with Crippen LogP contribution in [-0.2, 0) is 20.1 Å². The van der Waals surface area contributed by atoms with Crippen molar-refractivity contribution in [1.29, 1.82) is 0 Å². The quantitative estimate of drug-likeness (QED) is 0.889. The number of benzene rings is 1. The minimum atomic E-state index is -0.119. The Morgan fingerprint density at radius 2 is 2.00 bits per heavy atom. The number of aliphatic hydroxyl groups is 1. The molecule has 5 heteroatoms. The van der Waals surface area contributed by atoms with Crippen LogP contribution >= 0.6 is 0 Å². The number of likely N-dealkylation sites (tertiary alicyclic amines) is 1. The van der Waals surface area contributed by atoms with Gasteiger partial charge in [-0.2, -0.15) is 5.10 Å². The van der Waals surface area contributed by atoms with Crippen molar-refractivity contribution in [3.8, 4) is 0 Å². The third-order valence-electron chi connectivity index (χ3n) is 4.53. The van der Waals surface area contributed by atoms with E-state index >= 15 is 0 Å². The van der Waals surface area contributed by atoms with Crippen molar-refractivity contribution in [3.05, 3.63) is 47.3 Å². The predicted molar refractivity (Wildman–Crippen MR) is 92.2 cm³/mol. The van der Waals surface area contributed by atoms with Gasteiger partial charge in [-0.1, -0.05) is 18.2 Å². The molecule has 1 aliphatic heterocycles. The molecule has 124 valence electrons. The highest BCUT2D eigenvalue weighted by Gasteiger charge is 2.17. The van der Waals surface area contributed by atoms with Gasteiger partial charge in [0, 0.05) is 38.6 Å². The number of rotatable bonds is 5. The van der Waals surface area contributed by atoms with Crippen LogP contribution in [0.3, 0.4) is 0 Å².